The molecule has 7 nitrogen and oxygen atoms in total. The molecular weight excluding hydrogens is 413 g/mol. The molecule has 164 valence electrons. The highest BCUT2D eigenvalue weighted by atomic mass is 16.7. The van der Waals surface area contributed by atoms with Crippen LogP contribution >= 0.6 is 0 Å². The van der Waals surface area contributed by atoms with Crippen LogP contribution in [0, 0.1) is 0 Å². The molecule has 1 fully saturated rings. The van der Waals surface area contributed by atoms with E-state index >= 15 is 0 Å². The van der Waals surface area contributed by atoms with E-state index in [9.17, 15) is 0 Å². The lowest BCUT2D eigenvalue weighted by molar-refractivity contribution is 0.00578. The molecule has 0 atom stereocenters. The number of rotatable bonds is 4. The number of hydrogen-bond donors (Lipinski definition) is 0. The van der Waals surface area contributed by atoms with Crippen LogP contribution in [-0.2, 0) is 9.31 Å². The molecule has 4 heterocycles. The quantitative estimate of drug-likeness (QED) is 0.447. The van der Waals surface area contributed by atoms with E-state index in [0.717, 1.165) is 11.0 Å². The Balaban J connectivity index is 1.59. The van der Waals surface area contributed by atoms with E-state index in [-0.39, 0.29) is 0 Å². The highest BCUT2D eigenvalue weighted by Gasteiger charge is 2.51. The Morgan fingerprint density at radius 1 is 0.636 bits per heavy atom. The van der Waals surface area contributed by atoms with Crippen molar-refractivity contribution in [1.82, 2.24) is 24.9 Å². The van der Waals surface area contributed by atoms with Gasteiger partial charge in [0.15, 0.2) is 17.5 Å². The smallest absolute Gasteiger partial charge is 0.399 e. The number of pyridine rings is 2. The molecule has 1 saturated heterocycles. The van der Waals surface area contributed by atoms with Gasteiger partial charge in [-0.2, -0.15) is 0 Å². The highest BCUT2D eigenvalue weighted by Crippen LogP contribution is 2.36. The van der Waals surface area contributed by atoms with Crippen LogP contribution in [-0.4, -0.2) is 43.2 Å². The molecule has 0 spiro atoms. The minimum atomic E-state index is -0.470. The molecule has 0 N–H and O–H groups in total. The molecule has 0 radical (unpaired) electrons. The zero-order valence-electron chi connectivity index (χ0n) is 19.1. The summed E-state index contributed by atoms with van der Waals surface area (Å²) >= 11 is 0. The van der Waals surface area contributed by atoms with Crippen LogP contribution in [0.15, 0.2) is 73.1 Å². The van der Waals surface area contributed by atoms with E-state index in [0.29, 0.717) is 28.9 Å². The summed E-state index contributed by atoms with van der Waals surface area (Å²) in [6.07, 6.45) is 3.44. The molecule has 0 saturated carbocycles. The zero-order valence-corrected chi connectivity index (χ0v) is 19.1. The fourth-order valence-corrected chi connectivity index (χ4v) is 3.53. The fraction of sp³-hybridized carbons (Fsp3) is 0.240. The Morgan fingerprint density at radius 2 is 1.18 bits per heavy atom. The third-order valence-electron chi connectivity index (χ3n) is 6.09. The lowest BCUT2D eigenvalue weighted by atomic mass is 9.78. The normalized spacial score (nSPS) is 16.7. The van der Waals surface area contributed by atoms with Gasteiger partial charge in [-0.05, 0) is 57.4 Å². The van der Waals surface area contributed by atoms with Gasteiger partial charge in [0.05, 0.1) is 11.2 Å². The van der Waals surface area contributed by atoms with Crippen molar-refractivity contribution < 1.29 is 9.31 Å². The summed E-state index contributed by atoms with van der Waals surface area (Å²) in [5.41, 5.74) is 2.24. The van der Waals surface area contributed by atoms with Crippen LogP contribution in [0.5, 0.6) is 0 Å². The molecule has 0 aliphatic carbocycles. The maximum atomic E-state index is 6.23. The van der Waals surface area contributed by atoms with E-state index in [2.05, 4.69) is 15.0 Å². The van der Waals surface area contributed by atoms with Gasteiger partial charge in [0.25, 0.3) is 0 Å². The van der Waals surface area contributed by atoms with Crippen LogP contribution < -0.4 is 5.46 Å². The summed E-state index contributed by atoms with van der Waals surface area (Å²) in [5.74, 6) is 1.51. The SMILES string of the molecule is CC1(C)OB(c2cccc(-c3nc(-c4ccccn4)nc(-c4ccccn4)n3)c2)OC1(C)C. The predicted molar refractivity (Wildman–Crippen MR) is 127 cm³/mol. The first-order chi connectivity index (χ1) is 15.8. The van der Waals surface area contributed by atoms with Crippen molar-refractivity contribution in [2.45, 2.75) is 38.9 Å². The summed E-state index contributed by atoms with van der Waals surface area (Å²) in [6, 6.07) is 19.2. The lowest BCUT2D eigenvalue weighted by Crippen LogP contribution is -2.41. The second kappa shape index (κ2) is 8.13. The second-order valence-electron chi connectivity index (χ2n) is 8.95. The standard InChI is InChI=1S/C25H24BN5O2/c1-24(2)25(3,4)33-26(32-24)18-11-9-10-17(16-18)21-29-22(19-12-5-7-14-27-19)31-23(30-21)20-13-6-8-15-28-20/h5-16H,1-4H3. The van der Waals surface area contributed by atoms with Gasteiger partial charge in [0, 0.05) is 18.0 Å². The van der Waals surface area contributed by atoms with Gasteiger partial charge in [-0.15, -0.1) is 0 Å². The third-order valence-corrected chi connectivity index (χ3v) is 6.09. The van der Waals surface area contributed by atoms with Gasteiger partial charge < -0.3 is 9.31 Å². The largest absolute Gasteiger partial charge is 0.494 e. The van der Waals surface area contributed by atoms with Crippen LogP contribution in [0.2, 0.25) is 0 Å². The third kappa shape index (κ3) is 4.15. The van der Waals surface area contributed by atoms with Gasteiger partial charge in [-0.3, -0.25) is 9.97 Å². The van der Waals surface area contributed by atoms with Crippen molar-refractivity contribution in [2.24, 2.45) is 0 Å². The molecule has 0 bridgehead atoms. The first kappa shape index (κ1) is 21.4. The molecule has 1 aliphatic rings. The zero-order chi connectivity index (χ0) is 23.1. The van der Waals surface area contributed by atoms with Crippen molar-refractivity contribution in [1.29, 1.82) is 0 Å². The second-order valence-corrected chi connectivity index (χ2v) is 8.95. The Hall–Kier alpha value is -3.49. The minimum absolute atomic E-state index is 0.418. The lowest BCUT2D eigenvalue weighted by Gasteiger charge is -2.32. The van der Waals surface area contributed by atoms with Crippen LogP contribution in [0.1, 0.15) is 27.7 Å². The Labute approximate surface area is 193 Å². The first-order valence-electron chi connectivity index (χ1n) is 10.9. The van der Waals surface area contributed by atoms with Crippen molar-refractivity contribution in [2.75, 3.05) is 0 Å². The monoisotopic (exact) mass is 437 g/mol. The van der Waals surface area contributed by atoms with Gasteiger partial charge in [0.1, 0.15) is 11.4 Å². The van der Waals surface area contributed by atoms with Crippen molar-refractivity contribution in [3.05, 3.63) is 73.1 Å². The average molecular weight is 437 g/mol. The van der Waals surface area contributed by atoms with E-state index in [1.807, 2.05) is 88.4 Å². The summed E-state index contributed by atoms with van der Waals surface area (Å²) in [4.78, 5) is 22.9. The molecule has 3 aromatic heterocycles. The Morgan fingerprint density at radius 3 is 1.70 bits per heavy atom. The number of aromatic nitrogens is 5. The number of nitrogens with zero attached hydrogens (tertiary/aromatic N) is 5. The van der Waals surface area contributed by atoms with Crippen molar-refractivity contribution >= 4 is 12.6 Å². The Kier molecular flexibility index (Phi) is 5.27. The molecule has 0 amide bonds. The van der Waals surface area contributed by atoms with Crippen molar-refractivity contribution in [3.8, 4) is 34.4 Å². The summed E-state index contributed by atoms with van der Waals surface area (Å²) in [5, 5.41) is 0. The topological polar surface area (TPSA) is 82.9 Å². The van der Waals surface area contributed by atoms with Gasteiger partial charge in [-0.25, -0.2) is 15.0 Å². The summed E-state index contributed by atoms with van der Waals surface area (Å²) < 4.78 is 12.5. The molecule has 5 rings (SSSR count). The first-order valence-corrected chi connectivity index (χ1v) is 10.9. The van der Waals surface area contributed by atoms with E-state index < -0.39 is 18.3 Å². The minimum Gasteiger partial charge on any atom is -0.399 e. The maximum Gasteiger partial charge on any atom is 0.494 e. The summed E-state index contributed by atoms with van der Waals surface area (Å²) in [7, 11) is -0.470. The molecule has 1 aromatic carbocycles. The van der Waals surface area contributed by atoms with E-state index in [1.165, 1.54) is 0 Å². The highest BCUT2D eigenvalue weighted by molar-refractivity contribution is 6.62. The number of hydrogen-bond acceptors (Lipinski definition) is 7. The average Bonchev–Trinajstić information content (AvgIpc) is 3.07. The Bertz CT molecular complexity index is 1210. The van der Waals surface area contributed by atoms with Crippen molar-refractivity contribution in [3.63, 3.8) is 0 Å². The van der Waals surface area contributed by atoms with E-state index in [1.54, 1.807) is 12.4 Å². The summed E-state index contributed by atoms with van der Waals surface area (Å²) in [6.45, 7) is 8.17. The predicted octanol–water partition coefficient (Wildman–Crippen LogP) is 3.96. The molecule has 33 heavy (non-hydrogen) atoms. The van der Waals surface area contributed by atoms with Gasteiger partial charge in [-0.1, -0.05) is 36.4 Å². The van der Waals surface area contributed by atoms with Crippen LogP contribution in [0.3, 0.4) is 0 Å². The van der Waals surface area contributed by atoms with Crippen LogP contribution in [0.4, 0.5) is 0 Å². The van der Waals surface area contributed by atoms with Gasteiger partial charge >= 0.3 is 7.12 Å². The molecule has 4 aromatic rings. The van der Waals surface area contributed by atoms with Crippen LogP contribution in [0.25, 0.3) is 34.4 Å². The molecule has 0 unspecified atom stereocenters. The maximum absolute atomic E-state index is 6.23. The van der Waals surface area contributed by atoms with Gasteiger partial charge in [0.2, 0.25) is 0 Å². The molecule has 1 aliphatic heterocycles. The number of benzene rings is 1. The molecular formula is C25H24BN5O2. The fourth-order valence-electron chi connectivity index (χ4n) is 3.53. The molecule has 8 heteroatoms. The van der Waals surface area contributed by atoms with E-state index in [4.69, 9.17) is 19.3 Å².